The number of nitrogens with zero attached hydrogens (tertiary/aromatic N) is 2. The van der Waals surface area contributed by atoms with E-state index in [1.165, 1.54) is 6.42 Å². The standard InChI is InChI=1S/C16H28N4O.HI/c1-4-5-11-21-12-7-10-18-16(17-3)19-13-15-9-6-8-14(2)20-15;/h6,8-9H,4-5,7,10-13H2,1-3H3,(H2,17,18,19);1H. The van der Waals surface area contributed by atoms with Crippen molar-refractivity contribution in [3.8, 4) is 0 Å². The highest BCUT2D eigenvalue weighted by atomic mass is 127. The number of aromatic nitrogens is 1. The minimum Gasteiger partial charge on any atom is -0.381 e. The van der Waals surface area contributed by atoms with E-state index >= 15 is 0 Å². The van der Waals surface area contributed by atoms with Crippen LogP contribution in [-0.4, -0.2) is 37.7 Å². The molecular weight excluding hydrogens is 391 g/mol. The van der Waals surface area contributed by atoms with Crippen molar-refractivity contribution in [2.75, 3.05) is 26.8 Å². The first-order valence-corrected chi connectivity index (χ1v) is 7.71. The van der Waals surface area contributed by atoms with Crippen molar-refractivity contribution >= 4 is 29.9 Å². The number of aryl methyl sites for hydroxylation is 1. The van der Waals surface area contributed by atoms with Crippen LogP contribution in [0.5, 0.6) is 0 Å². The van der Waals surface area contributed by atoms with Gasteiger partial charge in [-0.1, -0.05) is 19.4 Å². The minimum atomic E-state index is 0. The van der Waals surface area contributed by atoms with Crippen LogP contribution in [0.3, 0.4) is 0 Å². The van der Waals surface area contributed by atoms with E-state index in [-0.39, 0.29) is 24.0 Å². The number of unbranched alkanes of at least 4 members (excludes halogenated alkanes) is 1. The monoisotopic (exact) mass is 420 g/mol. The lowest BCUT2D eigenvalue weighted by Gasteiger charge is -2.12. The topological polar surface area (TPSA) is 58.5 Å². The molecule has 0 aliphatic heterocycles. The fourth-order valence-electron chi connectivity index (χ4n) is 1.82. The highest BCUT2D eigenvalue weighted by Gasteiger charge is 1.99. The molecule has 0 saturated heterocycles. The zero-order chi connectivity index (χ0) is 15.3. The Morgan fingerprint density at radius 1 is 1.23 bits per heavy atom. The van der Waals surface area contributed by atoms with Crippen LogP contribution in [0, 0.1) is 6.92 Å². The van der Waals surface area contributed by atoms with Crippen LogP contribution >= 0.6 is 24.0 Å². The van der Waals surface area contributed by atoms with Crippen LogP contribution in [-0.2, 0) is 11.3 Å². The van der Waals surface area contributed by atoms with Crippen molar-refractivity contribution in [3.63, 3.8) is 0 Å². The molecule has 6 heteroatoms. The molecule has 1 rings (SSSR count). The molecule has 1 aromatic rings. The van der Waals surface area contributed by atoms with Crippen molar-refractivity contribution in [1.29, 1.82) is 0 Å². The summed E-state index contributed by atoms with van der Waals surface area (Å²) >= 11 is 0. The van der Waals surface area contributed by atoms with Gasteiger partial charge in [-0.3, -0.25) is 9.98 Å². The number of nitrogens with one attached hydrogen (secondary N) is 2. The van der Waals surface area contributed by atoms with Gasteiger partial charge in [0.15, 0.2) is 5.96 Å². The minimum absolute atomic E-state index is 0. The highest BCUT2D eigenvalue weighted by Crippen LogP contribution is 1.97. The van der Waals surface area contributed by atoms with Gasteiger partial charge in [0.2, 0.25) is 0 Å². The molecule has 0 spiro atoms. The van der Waals surface area contributed by atoms with Crippen LogP contribution in [0.15, 0.2) is 23.2 Å². The molecule has 0 saturated carbocycles. The van der Waals surface area contributed by atoms with E-state index in [9.17, 15) is 0 Å². The molecule has 0 bridgehead atoms. The zero-order valence-electron chi connectivity index (χ0n) is 13.9. The number of rotatable bonds is 9. The third-order valence-electron chi connectivity index (χ3n) is 3.01. The number of aliphatic imine (C=N–C) groups is 1. The fraction of sp³-hybridized carbons (Fsp3) is 0.625. The van der Waals surface area contributed by atoms with Gasteiger partial charge in [0.25, 0.3) is 0 Å². The number of hydrogen-bond donors (Lipinski definition) is 2. The van der Waals surface area contributed by atoms with Crippen LogP contribution in [0.1, 0.15) is 37.6 Å². The second-order valence-electron chi connectivity index (χ2n) is 4.94. The average Bonchev–Trinajstić information content (AvgIpc) is 2.49. The van der Waals surface area contributed by atoms with E-state index in [1.54, 1.807) is 7.05 Å². The van der Waals surface area contributed by atoms with Crippen molar-refractivity contribution in [1.82, 2.24) is 15.6 Å². The summed E-state index contributed by atoms with van der Waals surface area (Å²) in [4.78, 5) is 8.65. The summed E-state index contributed by atoms with van der Waals surface area (Å²) in [6.07, 6.45) is 3.30. The van der Waals surface area contributed by atoms with Gasteiger partial charge in [0.1, 0.15) is 0 Å². The summed E-state index contributed by atoms with van der Waals surface area (Å²) in [5, 5.41) is 6.54. The van der Waals surface area contributed by atoms with E-state index in [2.05, 4.69) is 27.5 Å². The van der Waals surface area contributed by atoms with Crippen molar-refractivity contribution in [2.24, 2.45) is 4.99 Å². The van der Waals surface area contributed by atoms with Crippen molar-refractivity contribution in [2.45, 2.75) is 39.7 Å². The van der Waals surface area contributed by atoms with Gasteiger partial charge < -0.3 is 15.4 Å². The lowest BCUT2D eigenvalue weighted by molar-refractivity contribution is 0.129. The average molecular weight is 420 g/mol. The lowest BCUT2D eigenvalue weighted by atomic mass is 10.3. The summed E-state index contributed by atoms with van der Waals surface area (Å²) in [5.74, 6) is 0.798. The Morgan fingerprint density at radius 2 is 2.00 bits per heavy atom. The zero-order valence-corrected chi connectivity index (χ0v) is 16.2. The van der Waals surface area contributed by atoms with Gasteiger partial charge in [0.05, 0.1) is 12.2 Å². The molecule has 0 aliphatic rings. The maximum absolute atomic E-state index is 5.52. The second kappa shape index (κ2) is 13.8. The predicted octanol–water partition coefficient (Wildman–Crippen LogP) is 2.88. The Hall–Kier alpha value is -0.890. The SMILES string of the molecule is CCCCOCCCNC(=NC)NCc1cccc(C)n1.I. The van der Waals surface area contributed by atoms with E-state index in [0.717, 1.165) is 49.9 Å². The van der Waals surface area contributed by atoms with Crippen LogP contribution in [0.4, 0.5) is 0 Å². The predicted molar refractivity (Wildman–Crippen MR) is 103 cm³/mol. The number of guanidine groups is 1. The van der Waals surface area contributed by atoms with Gasteiger partial charge >= 0.3 is 0 Å². The summed E-state index contributed by atoms with van der Waals surface area (Å²) in [6.45, 7) is 7.35. The maximum atomic E-state index is 5.52. The smallest absolute Gasteiger partial charge is 0.191 e. The Kier molecular flexibility index (Phi) is 13.2. The van der Waals surface area contributed by atoms with Crippen LogP contribution in [0.2, 0.25) is 0 Å². The first-order valence-electron chi connectivity index (χ1n) is 7.71. The summed E-state index contributed by atoms with van der Waals surface area (Å²) in [7, 11) is 1.77. The Bertz CT molecular complexity index is 426. The first-order chi connectivity index (χ1) is 10.3. The third kappa shape index (κ3) is 9.94. The largest absolute Gasteiger partial charge is 0.381 e. The Morgan fingerprint density at radius 3 is 2.68 bits per heavy atom. The summed E-state index contributed by atoms with van der Waals surface area (Å²) in [6, 6.07) is 6.02. The molecule has 126 valence electrons. The van der Waals surface area contributed by atoms with Crippen molar-refractivity contribution in [3.05, 3.63) is 29.6 Å². The van der Waals surface area contributed by atoms with Gasteiger partial charge in [-0.2, -0.15) is 0 Å². The number of hydrogen-bond acceptors (Lipinski definition) is 3. The lowest BCUT2D eigenvalue weighted by Crippen LogP contribution is -2.37. The molecule has 1 aromatic heterocycles. The molecule has 5 nitrogen and oxygen atoms in total. The number of pyridine rings is 1. The number of halogens is 1. The molecule has 2 N–H and O–H groups in total. The maximum Gasteiger partial charge on any atom is 0.191 e. The molecule has 0 atom stereocenters. The van der Waals surface area contributed by atoms with Gasteiger partial charge in [-0.15, -0.1) is 24.0 Å². The van der Waals surface area contributed by atoms with Gasteiger partial charge in [-0.25, -0.2) is 0 Å². The molecule has 1 heterocycles. The quantitative estimate of drug-likeness (QED) is 0.279. The third-order valence-corrected chi connectivity index (χ3v) is 3.01. The molecule has 0 aliphatic carbocycles. The number of ether oxygens (including phenoxy) is 1. The summed E-state index contributed by atoms with van der Waals surface area (Å²) in [5.41, 5.74) is 2.04. The Balaban J connectivity index is 0.00000441. The van der Waals surface area contributed by atoms with Gasteiger partial charge in [-0.05, 0) is 31.9 Å². The molecule has 0 amide bonds. The van der Waals surface area contributed by atoms with Crippen LogP contribution in [0.25, 0.3) is 0 Å². The highest BCUT2D eigenvalue weighted by molar-refractivity contribution is 14.0. The van der Waals surface area contributed by atoms with Crippen LogP contribution < -0.4 is 10.6 Å². The Labute approximate surface area is 151 Å². The van der Waals surface area contributed by atoms with Gasteiger partial charge in [0, 0.05) is 32.5 Å². The fourth-order valence-corrected chi connectivity index (χ4v) is 1.82. The molecule has 0 fully saturated rings. The van der Waals surface area contributed by atoms with E-state index in [4.69, 9.17) is 4.74 Å². The normalized spacial score (nSPS) is 11.0. The summed E-state index contributed by atoms with van der Waals surface area (Å²) < 4.78 is 5.52. The molecular formula is C16H29IN4O. The second-order valence-corrected chi connectivity index (χ2v) is 4.94. The van der Waals surface area contributed by atoms with Crippen molar-refractivity contribution < 1.29 is 4.74 Å². The van der Waals surface area contributed by atoms with E-state index in [0.29, 0.717) is 6.54 Å². The van der Waals surface area contributed by atoms with E-state index in [1.807, 2.05) is 25.1 Å². The molecule has 0 aromatic carbocycles. The molecule has 0 unspecified atom stereocenters. The van der Waals surface area contributed by atoms with E-state index < -0.39 is 0 Å². The molecule has 0 radical (unpaired) electrons. The molecule has 22 heavy (non-hydrogen) atoms. The first kappa shape index (κ1) is 21.1.